The van der Waals surface area contributed by atoms with E-state index in [1.807, 2.05) is 60.8 Å². The largest absolute Gasteiger partial charge is 0.331 e. The van der Waals surface area contributed by atoms with Gasteiger partial charge >= 0.3 is 0 Å². The highest BCUT2D eigenvalue weighted by Crippen LogP contribution is 2.30. The molecule has 0 amide bonds. The lowest BCUT2D eigenvalue weighted by Crippen LogP contribution is -2.32. The molecule has 2 heterocycles. The highest BCUT2D eigenvalue weighted by atomic mass is 32.2. The summed E-state index contributed by atoms with van der Waals surface area (Å²) in [5.74, 6) is 1.58. The van der Waals surface area contributed by atoms with Gasteiger partial charge in [0.25, 0.3) is 0 Å². The van der Waals surface area contributed by atoms with Crippen LogP contribution in [0.15, 0.2) is 71.3 Å². The normalized spacial score (nSPS) is 16.7. The van der Waals surface area contributed by atoms with E-state index in [2.05, 4.69) is 9.30 Å². The Labute approximate surface area is 139 Å². The Morgan fingerprint density at radius 3 is 2.74 bits per heavy atom. The highest BCUT2D eigenvalue weighted by Gasteiger charge is 2.23. The minimum absolute atomic E-state index is 0.217. The Kier molecular flexibility index (Phi) is 3.75. The first-order valence-electron chi connectivity index (χ1n) is 7.54. The zero-order chi connectivity index (χ0) is 15.6. The lowest BCUT2D eigenvalue weighted by molar-refractivity contribution is 0.591. The zero-order valence-electron chi connectivity index (χ0n) is 12.4. The van der Waals surface area contributed by atoms with Crippen molar-refractivity contribution in [2.45, 2.75) is 0 Å². The van der Waals surface area contributed by atoms with Gasteiger partial charge in [-0.15, -0.1) is 0 Å². The topological polar surface area (TPSA) is 15.6 Å². The summed E-state index contributed by atoms with van der Waals surface area (Å²) in [6.45, 7) is 0.904. The van der Waals surface area contributed by atoms with Crippen LogP contribution in [0.2, 0.25) is 0 Å². The van der Waals surface area contributed by atoms with Crippen molar-refractivity contribution in [1.82, 2.24) is 4.90 Å². The van der Waals surface area contributed by atoms with E-state index in [9.17, 15) is 4.39 Å². The Balaban J connectivity index is 1.74. The number of hydrogen-bond acceptors (Lipinski definition) is 3. The van der Waals surface area contributed by atoms with E-state index >= 15 is 0 Å². The number of benzene rings is 2. The van der Waals surface area contributed by atoms with E-state index in [0.717, 1.165) is 34.8 Å². The molecule has 0 spiro atoms. The van der Waals surface area contributed by atoms with Crippen molar-refractivity contribution < 1.29 is 4.39 Å². The molecule has 2 nitrogen and oxygen atoms in total. The van der Waals surface area contributed by atoms with Crippen molar-refractivity contribution in [3.8, 4) is 11.1 Å². The van der Waals surface area contributed by atoms with Crippen LogP contribution in [0.1, 0.15) is 5.56 Å². The molecule has 0 radical (unpaired) electrons. The third-order valence-electron chi connectivity index (χ3n) is 3.98. The van der Waals surface area contributed by atoms with Crippen LogP contribution in [0.5, 0.6) is 0 Å². The van der Waals surface area contributed by atoms with Gasteiger partial charge < -0.3 is 4.90 Å². The smallest absolute Gasteiger partial charge is 0.148 e. The van der Waals surface area contributed by atoms with Crippen LogP contribution in [0.4, 0.5) is 4.39 Å². The van der Waals surface area contributed by atoms with Crippen LogP contribution < -0.4 is 0 Å². The Bertz CT molecular complexity index is 825. The molecule has 0 N–H and O–H groups in total. The maximum Gasteiger partial charge on any atom is 0.148 e. The van der Waals surface area contributed by atoms with Gasteiger partial charge in [-0.2, -0.15) is 4.40 Å². The van der Waals surface area contributed by atoms with E-state index in [0.29, 0.717) is 5.56 Å². The summed E-state index contributed by atoms with van der Waals surface area (Å²) in [5.41, 5.74) is 3.34. The van der Waals surface area contributed by atoms with Crippen LogP contribution in [0.3, 0.4) is 0 Å². The number of fused-ring (bicyclic) bond motifs is 1. The molecule has 0 aromatic heterocycles. The summed E-state index contributed by atoms with van der Waals surface area (Å²) in [6.07, 6.45) is 5.88. The van der Waals surface area contributed by atoms with Crippen LogP contribution in [-0.2, 0) is 0 Å². The zero-order valence-corrected chi connectivity index (χ0v) is 13.3. The van der Waals surface area contributed by atoms with Crippen molar-refractivity contribution in [3.63, 3.8) is 0 Å². The molecular weight excluding hydrogens is 307 g/mol. The fraction of sp³-hybridized carbons (Fsp3) is 0.105. The van der Waals surface area contributed by atoms with E-state index in [1.54, 1.807) is 6.07 Å². The van der Waals surface area contributed by atoms with Crippen molar-refractivity contribution in [3.05, 3.63) is 78.3 Å². The molecule has 23 heavy (non-hydrogen) atoms. The molecule has 0 bridgehead atoms. The van der Waals surface area contributed by atoms with Gasteiger partial charge in [0.15, 0.2) is 0 Å². The summed E-state index contributed by atoms with van der Waals surface area (Å²) < 4.78 is 19.2. The number of hydrogen-bond donors (Lipinski definition) is 0. The second-order valence-electron chi connectivity index (χ2n) is 5.42. The summed E-state index contributed by atoms with van der Waals surface area (Å²) in [6, 6.07) is 15.3. The van der Waals surface area contributed by atoms with Gasteiger partial charge in [-0.05, 0) is 41.3 Å². The highest BCUT2D eigenvalue weighted by molar-refractivity contribution is 7.98. The van der Waals surface area contributed by atoms with Gasteiger partial charge in [0.1, 0.15) is 11.7 Å². The predicted octanol–water partition coefficient (Wildman–Crippen LogP) is 4.77. The average Bonchev–Trinajstić information content (AvgIpc) is 2.62. The monoisotopic (exact) mass is 322 g/mol. The van der Waals surface area contributed by atoms with E-state index < -0.39 is 0 Å². The van der Waals surface area contributed by atoms with Crippen LogP contribution in [0.25, 0.3) is 16.7 Å². The number of rotatable bonds is 2. The maximum absolute atomic E-state index is 14.7. The summed E-state index contributed by atoms with van der Waals surface area (Å²) in [5, 5.41) is 0. The SMILES string of the molecule is Fc1cc(-c2ccccc2)ccc1C1=CC=CN2CCSN=C12. The Morgan fingerprint density at radius 1 is 1.04 bits per heavy atom. The van der Waals surface area contributed by atoms with Crippen LogP contribution in [0, 0.1) is 5.82 Å². The lowest BCUT2D eigenvalue weighted by atomic mass is 9.97. The first-order valence-corrected chi connectivity index (χ1v) is 8.48. The first kappa shape index (κ1) is 14.3. The number of amidine groups is 1. The third kappa shape index (κ3) is 2.70. The molecule has 0 fully saturated rings. The van der Waals surface area contributed by atoms with Crippen molar-refractivity contribution in [2.75, 3.05) is 12.3 Å². The van der Waals surface area contributed by atoms with E-state index in [1.165, 1.54) is 11.9 Å². The minimum atomic E-state index is -0.217. The molecule has 0 saturated heterocycles. The van der Waals surface area contributed by atoms with Gasteiger partial charge in [-0.3, -0.25) is 0 Å². The lowest BCUT2D eigenvalue weighted by Gasteiger charge is -2.29. The van der Waals surface area contributed by atoms with Crippen molar-refractivity contribution >= 4 is 23.4 Å². The van der Waals surface area contributed by atoms with Crippen LogP contribution >= 0.6 is 11.9 Å². The molecule has 4 rings (SSSR count). The van der Waals surface area contributed by atoms with Gasteiger partial charge in [-0.25, -0.2) is 4.39 Å². The summed E-state index contributed by atoms with van der Waals surface area (Å²) >= 11 is 1.53. The Hall–Kier alpha value is -2.33. The quantitative estimate of drug-likeness (QED) is 0.740. The number of nitrogens with zero attached hydrogens (tertiary/aromatic N) is 2. The minimum Gasteiger partial charge on any atom is -0.331 e. The van der Waals surface area contributed by atoms with Crippen LogP contribution in [-0.4, -0.2) is 23.0 Å². The molecule has 0 atom stereocenters. The fourth-order valence-corrected chi connectivity index (χ4v) is 3.52. The summed E-state index contributed by atoms with van der Waals surface area (Å²) in [4.78, 5) is 2.08. The predicted molar refractivity (Wildman–Crippen MR) is 95.6 cm³/mol. The average molecular weight is 322 g/mol. The second-order valence-corrected chi connectivity index (χ2v) is 6.27. The van der Waals surface area contributed by atoms with Gasteiger partial charge in [0.05, 0.1) is 0 Å². The van der Waals surface area contributed by atoms with Gasteiger partial charge in [0, 0.05) is 29.6 Å². The first-order chi connectivity index (χ1) is 11.3. The molecule has 4 heteroatoms. The van der Waals surface area contributed by atoms with E-state index in [4.69, 9.17) is 0 Å². The summed E-state index contributed by atoms with van der Waals surface area (Å²) in [7, 11) is 0. The molecule has 0 saturated carbocycles. The third-order valence-corrected chi connectivity index (χ3v) is 4.65. The van der Waals surface area contributed by atoms with Crippen molar-refractivity contribution in [1.29, 1.82) is 0 Å². The maximum atomic E-state index is 14.7. The molecule has 2 aliphatic heterocycles. The molecule has 2 aromatic rings. The molecule has 2 aliphatic rings. The standard InChI is InChI=1S/C19H15FN2S/c20-18-13-15(14-5-2-1-3-6-14)8-9-16(18)17-7-4-10-22-11-12-23-21-19(17)22/h1-10,13H,11-12H2. The Morgan fingerprint density at radius 2 is 1.91 bits per heavy atom. The fourth-order valence-electron chi connectivity index (χ4n) is 2.82. The second kappa shape index (κ2) is 6.05. The molecule has 114 valence electrons. The van der Waals surface area contributed by atoms with Gasteiger partial charge in [-0.1, -0.05) is 42.5 Å². The molecule has 0 aliphatic carbocycles. The van der Waals surface area contributed by atoms with Crippen molar-refractivity contribution in [2.24, 2.45) is 4.40 Å². The molecule has 2 aromatic carbocycles. The number of allylic oxidation sites excluding steroid dienone is 2. The van der Waals surface area contributed by atoms with E-state index in [-0.39, 0.29) is 5.82 Å². The van der Waals surface area contributed by atoms with Gasteiger partial charge in [0.2, 0.25) is 0 Å². The molecular formula is C19H15FN2S. The molecule has 0 unspecified atom stereocenters. The number of halogens is 1.